The van der Waals surface area contributed by atoms with Crippen LogP contribution < -0.4 is 0 Å². The minimum absolute atomic E-state index is 0.148. The number of nitrogens with zero attached hydrogens (tertiary/aromatic N) is 3. The van der Waals surface area contributed by atoms with Crippen molar-refractivity contribution in [2.75, 3.05) is 39.8 Å². The molecule has 3 rings (SSSR count). The van der Waals surface area contributed by atoms with E-state index in [1.807, 2.05) is 37.8 Å². The molecule has 2 saturated heterocycles. The molecule has 2 aliphatic heterocycles. The molecular weight excluding hydrogens is 402 g/mol. The van der Waals surface area contributed by atoms with E-state index in [1.54, 1.807) is 0 Å². The third kappa shape index (κ3) is 6.10. The van der Waals surface area contributed by atoms with Crippen LogP contribution >= 0.6 is 11.6 Å². The number of hydrogen-bond donors (Lipinski definition) is 1. The fourth-order valence-electron chi connectivity index (χ4n) is 4.54. The van der Waals surface area contributed by atoms with Gasteiger partial charge in [0.25, 0.3) is 0 Å². The molecule has 6 nitrogen and oxygen atoms in total. The fourth-order valence-corrected chi connectivity index (χ4v) is 4.67. The molecule has 0 spiro atoms. The van der Waals surface area contributed by atoms with E-state index >= 15 is 0 Å². The van der Waals surface area contributed by atoms with Crippen LogP contribution in [0, 0.1) is 0 Å². The third-order valence-corrected chi connectivity index (χ3v) is 6.45. The second kappa shape index (κ2) is 9.86. The molecule has 0 bridgehead atoms. The first-order chi connectivity index (χ1) is 14.2. The Morgan fingerprint density at radius 2 is 1.77 bits per heavy atom. The van der Waals surface area contributed by atoms with Crippen molar-refractivity contribution in [3.8, 4) is 0 Å². The molecule has 0 radical (unpaired) electrons. The van der Waals surface area contributed by atoms with Gasteiger partial charge in [0.2, 0.25) is 0 Å². The van der Waals surface area contributed by atoms with Gasteiger partial charge in [0.1, 0.15) is 5.60 Å². The average molecular weight is 438 g/mol. The number of benzene rings is 1. The minimum Gasteiger partial charge on any atom is -0.444 e. The van der Waals surface area contributed by atoms with Gasteiger partial charge in [-0.15, -0.1) is 0 Å². The zero-order valence-electron chi connectivity index (χ0n) is 18.7. The standard InChI is InChI=1S/C23H36ClN3O3/c1-23(2,3)30-22(29)26-11-9-19(10-12-26)27-15-21(16-28)25(4)14-20(27)13-17-5-7-18(24)8-6-17/h5-8,19-21,28H,9-16H2,1-4H3/t20-,21?/m0/s1. The number of carbonyl (C=O) groups excluding carboxylic acids is 1. The summed E-state index contributed by atoms with van der Waals surface area (Å²) in [6, 6.07) is 9.02. The second-order valence-electron chi connectivity index (χ2n) is 9.66. The van der Waals surface area contributed by atoms with Gasteiger partial charge in [-0.3, -0.25) is 9.80 Å². The first-order valence-electron chi connectivity index (χ1n) is 11.0. The van der Waals surface area contributed by atoms with Crippen LogP contribution in [0.3, 0.4) is 0 Å². The largest absolute Gasteiger partial charge is 0.444 e. The minimum atomic E-state index is -0.469. The highest BCUT2D eigenvalue weighted by atomic mass is 35.5. The summed E-state index contributed by atoms with van der Waals surface area (Å²) in [5, 5.41) is 10.6. The number of ether oxygens (including phenoxy) is 1. The molecule has 0 aliphatic carbocycles. The SMILES string of the molecule is CN1C[C@H](Cc2ccc(Cl)cc2)N(C2CCN(C(=O)OC(C)(C)C)CC2)CC1CO. The number of aliphatic hydroxyl groups excluding tert-OH is 1. The summed E-state index contributed by atoms with van der Waals surface area (Å²) >= 11 is 6.06. The van der Waals surface area contributed by atoms with Gasteiger partial charge in [0, 0.05) is 49.3 Å². The van der Waals surface area contributed by atoms with E-state index in [0.29, 0.717) is 25.2 Å². The number of amides is 1. The van der Waals surface area contributed by atoms with Gasteiger partial charge in [0.05, 0.1) is 6.61 Å². The molecule has 1 aromatic carbocycles. The van der Waals surface area contributed by atoms with Gasteiger partial charge in [-0.25, -0.2) is 4.79 Å². The maximum absolute atomic E-state index is 12.4. The number of hydrogen-bond acceptors (Lipinski definition) is 5. The molecule has 1 aromatic rings. The summed E-state index contributed by atoms with van der Waals surface area (Å²) in [4.78, 5) is 19.1. The van der Waals surface area contributed by atoms with E-state index in [2.05, 4.69) is 29.0 Å². The van der Waals surface area contributed by atoms with Crippen molar-refractivity contribution in [2.24, 2.45) is 0 Å². The van der Waals surface area contributed by atoms with Crippen LogP contribution in [0.5, 0.6) is 0 Å². The monoisotopic (exact) mass is 437 g/mol. The Morgan fingerprint density at radius 3 is 2.33 bits per heavy atom. The summed E-state index contributed by atoms with van der Waals surface area (Å²) in [7, 11) is 2.10. The highest BCUT2D eigenvalue weighted by Gasteiger charge is 2.37. The summed E-state index contributed by atoms with van der Waals surface area (Å²) in [6.07, 6.45) is 2.59. The van der Waals surface area contributed by atoms with E-state index in [0.717, 1.165) is 37.4 Å². The molecule has 7 heteroatoms. The zero-order chi connectivity index (χ0) is 21.9. The van der Waals surface area contributed by atoms with Crippen LogP contribution in [0.4, 0.5) is 4.79 Å². The third-order valence-electron chi connectivity index (χ3n) is 6.19. The molecule has 1 unspecified atom stereocenters. The molecule has 2 heterocycles. The lowest BCUT2D eigenvalue weighted by Gasteiger charge is -2.49. The Bertz CT molecular complexity index is 699. The molecule has 2 atom stereocenters. The Hall–Kier alpha value is -1.34. The Kier molecular flexibility index (Phi) is 7.66. The van der Waals surface area contributed by atoms with Gasteiger partial charge < -0.3 is 14.7 Å². The summed E-state index contributed by atoms with van der Waals surface area (Å²) in [5.41, 5.74) is 0.806. The molecule has 2 aliphatic rings. The molecule has 1 amide bonds. The Balaban J connectivity index is 1.66. The van der Waals surface area contributed by atoms with Gasteiger partial charge in [-0.1, -0.05) is 23.7 Å². The first-order valence-corrected chi connectivity index (χ1v) is 11.3. The number of piperazine rings is 1. The van der Waals surface area contributed by atoms with E-state index in [4.69, 9.17) is 16.3 Å². The summed E-state index contributed by atoms with van der Waals surface area (Å²) < 4.78 is 5.54. The lowest BCUT2D eigenvalue weighted by atomic mass is 9.94. The van der Waals surface area contributed by atoms with E-state index in [1.165, 1.54) is 5.56 Å². The van der Waals surface area contributed by atoms with Crippen LogP contribution in [0.15, 0.2) is 24.3 Å². The summed E-state index contributed by atoms with van der Waals surface area (Å²) in [6.45, 7) is 9.06. The molecule has 1 N–H and O–H groups in total. The maximum Gasteiger partial charge on any atom is 0.410 e. The number of rotatable bonds is 4. The predicted octanol–water partition coefficient (Wildman–Crippen LogP) is 3.26. The molecule has 0 saturated carbocycles. The highest BCUT2D eigenvalue weighted by Crippen LogP contribution is 2.26. The van der Waals surface area contributed by atoms with E-state index in [9.17, 15) is 9.90 Å². The average Bonchev–Trinajstić information content (AvgIpc) is 2.69. The Morgan fingerprint density at radius 1 is 1.13 bits per heavy atom. The molecule has 0 aromatic heterocycles. The lowest BCUT2D eigenvalue weighted by Crippen LogP contribution is -2.62. The van der Waals surface area contributed by atoms with Gasteiger partial charge in [-0.2, -0.15) is 0 Å². The van der Waals surface area contributed by atoms with Crippen LogP contribution in [-0.4, -0.2) is 89.5 Å². The van der Waals surface area contributed by atoms with Crippen LogP contribution in [-0.2, 0) is 11.2 Å². The number of likely N-dealkylation sites (tertiary alicyclic amines) is 1. The van der Waals surface area contributed by atoms with Crippen molar-refractivity contribution in [2.45, 2.75) is 63.8 Å². The van der Waals surface area contributed by atoms with E-state index in [-0.39, 0.29) is 18.7 Å². The predicted molar refractivity (Wildman–Crippen MR) is 120 cm³/mol. The number of aliphatic hydroxyl groups is 1. The van der Waals surface area contributed by atoms with Crippen molar-refractivity contribution in [1.29, 1.82) is 0 Å². The van der Waals surface area contributed by atoms with Crippen molar-refractivity contribution in [1.82, 2.24) is 14.7 Å². The van der Waals surface area contributed by atoms with Crippen molar-refractivity contribution in [3.63, 3.8) is 0 Å². The number of piperidine rings is 1. The van der Waals surface area contributed by atoms with Crippen LogP contribution in [0.1, 0.15) is 39.2 Å². The first kappa shape index (κ1) is 23.3. The number of likely N-dealkylation sites (N-methyl/N-ethyl adjacent to an activating group) is 1. The van der Waals surface area contributed by atoms with Gasteiger partial charge in [0.15, 0.2) is 0 Å². The van der Waals surface area contributed by atoms with Crippen molar-refractivity contribution < 1.29 is 14.6 Å². The van der Waals surface area contributed by atoms with Gasteiger partial charge in [-0.05, 0) is 64.8 Å². The topological polar surface area (TPSA) is 56.2 Å². The van der Waals surface area contributed by atoms with Crippen LogP contribution in [0.2, 0.25) is 5.02 Å². The number of carbonyl (C=O) groups is 1. The normalized spacial score (nSPS) is 24.8. The quantitative estimate of drug-likeness (QED) is 0.783. The smallest absolute Gasteiger partial charge is 0.410 e. The fraction of sp³-hybridized carbons (Fsp3) is 0.696. The highest BCUT2D eigenvalue weighted by molar-refractivity contribution is 6.30. The lowest BCUT2D eigenvalue weighted by molar-refractivity contribution is -0.0255. The van der Waals surface area contributed by atoms with E-state index < -0.39 is 5.60 Å². The maximum atomic E-state index is 12.4. The molecule has 2 fully saturated rings. The molecule has 168 valence electrons. The van der Waals surface area contributed by atoms with Crippen molar-refractivity contribution >= 4 is 17.7 Å². The molecule has 30 heavy (non-hydrogen) atoms. The van der Waals surface area contributed by atoms with Gasteiger partial charge >= 0.3 is 6.09 Å². The number of halogens is 1. The Labute approximate surface area is 185 Å². The van der Waals surface area contributed by atoms with Crippen LogP contribution in [0.25, 0.3) is 0 Å². The second-order valence-corrected chi connectivity index (χ2v) is 10.1. The van der Waals surface area contributed by atoms with Crippen molar-refractivity contribution in [3.05, 3.63) is 34.9 Å². The molecular formula is C23H36ClN3O3. The summed E-state index contributed by atoms with van der Waals surface area (Å²) in [5.74, 6) is 0. The zero-order valence-corrected chi connectivity index (χ0v) is 19.4.